The highest BCUT2D eigenvalue weighted by Gasteiger charge is 2.05. The van der Waals surface area contributed by atoms with E-state index in [0.717, 1.165) is 29.6 Å². The zero-order valence-electron chi connectivity index (χ0n) is 10.7. The van der Waals surface area contributed by atoms with Gasteiger partial charge in [-0.15, -0.1) is 0 Å². The Balaban J connectivity index is 2.29. The van der Waals surface area contributed by atoms with E-state index < -0.39 is 0 Å². The van der Waals surface area contributed by atoms with Crippen LogP contribution in [0.15, 0.2) is 42.5 Å². The second kappa shape index (κ2) is 6.39. The number of carbonyl (C=O) groups is 1. The third-order valence-electron chi connectivity index (χ3n) is 2.78. The normalized spacial score (nSPS) is 10.2. The van der Waals surface area contributed by atoms with Gasteiger partial charge in [0.25, 0.3) is 0 Å². The maximum absolute atomic E-state index is 11.1. The van der Waals surface area contributed by atoms with E-state index in [2.05, 4.69) is 6.92 Å². The molecule has 0 aliphatic rings. The van der Waals surface area contributed by atoms with Crippen LogP contribution in [-0.4, -0.2) is 12.9 Å². The molecule has 0 radical (unpaired) electrons. The van der Waals surface area contributed by atoms with Crippen molar-refractivity contribution < 1.29 is 9.53 Å². The summed E-state index contributed by atoms with van der Waals surface area (Å²) in [6, 6.07) is 13.0. The fraction of sp³-hybridized carbons (Fsp3) is 0.188. The van der Waals surface area contributed by atoms with Crippen molar-refractivity contribution in [1.29, 1.82) is 0 Å². The molecule has 2 aromatic carbocycles. The number of carbonyl (C=O) groups excluding carboxylic acids is 1. The molecule has 0 aromatic heterocycles. The summed E-state index contributed by atoms with van der Waals surface area (Å²) in [5, 5.41) is 0.564. The molecule has 3 heteroatoms. The molecule has 0 fully saturated rings. The number of hydrogen-bond acceptors (Lipinski definition) is 2. The lowest BCUT2D eigenvalue weighted by atomic mass is 10.0. The topological polar surface area (TPSA) is 26.3 Å². The Morgan fingerprint density at radius 3 is 2.53 bits per heavy atom. The number of benzene rings is 2. The average Bonchev–Trinajstić information content (AvgIpc) is 2.45. The largest absolute Gasteiger partial charge is 0.494 e. The highest BCUT2D eigenvalue weighted by Crippen LogP contribution is 2.27. The maximum atomic E-state index is 11.1. The molecule has 0 saturated heterocycles. The Bertz CT molecular complexity index is 561. The second-order valence-corrected chi connectivity index (χ2v) is 4.66. The highest BCUT2D eigenvalue weighted by molar-refractivity contribution is 6.31. The second-order valence-electron chi connectivity index (χ2n) is 4.22. The molecule has 0 aliphatic heterocycles. The van der Waals surface area contributed by atoms with Gasteiger partial charge in [0.2, 0.25) is 0 Å². The molecule has 0 unspecified atom stereocenters. The van der Waals surface area contributed by atoms with Crippen molar-refractivity contribution in [2.24, 2.45) is 0 Å². The van der Waals surface area contributed by atoms with Crippen molar-refractivity contribution in [2.75, 3.05) is 6.61 Å². The lowest BCUT2D eigenvalue weighted by molar-refractivity contribution is 0.112. The van der Waals surface area contributed by atoms with E-state index in [9.17, 15) is 4.79 Å². The van der Waals surface area contributed by atoms with Crippen LogP contribution in [0.5, 0.6) is 5.75 Å². The van der Waals surface area contributed by atoms with Gasteiger partial charge in [-0.2, -0.15) is 0 Å². The minimum atomic E-state index is 0.564. The van der Waals surface area contributed by atoms with Crippen LogP contribution in [0.3, 0.4) is 0 Å². The summed E-state index contributed by atoms with van der Waals surface area (Å²) in [5.41, 5.74) is 2.44. The first-order valence-electron chi connectivity index (χ1n) is 6.22. The zero-order chi connectivity index (χ0) is 13.7. The Morgan fingerprint density at radius 1 is 1.16 bits per heavy atom. The smallest absolute Gasteiger partial charge is 0.150 e. The van der Waals surface area contributed by atoms with E-state index in [4.69, 9.17) is 16.3 Å². The van der Waals surface area contributed by atoms with Gasteiger partial charge in [0.1, 0.15) is 5.75 Å². The van der Waals surface area contributed by atoms with E-state index in [1.54, 1.807) is 12.1 Å². The van der Waals surface area contributed by atoms with Gasteiger partial charge in [0, 0.05) is 10.6 Å². The molecule has 0 aliphatic carbocycles. The molecule has 2 nitrogen and oxygen atoms in total. The number of ether oxygens (including phenoxy) is 1. The molecule has 19 heavy (non-hydrogen) atoms. The first-order chi connectivity index (χ1) is 9.24. The number of halogens is 1. The van der Waals surface area contributed by atoms with Gasteiger partial charge < -0.3 is 4.74 Å². The van der Waals surface area contributed by atoms with Gasteiger partial charge in [0.05, 0.1) is 6.61 Å². The Kier molecular flexibility index (Phi) is 4.58. The lowest BCUT2D eigenvalue weighted by Gasteiger charge is -2.08. The minimum Gasteiger partial charge on any atom is -0.494 e. The number of hydrogen-bond donors (Lipinski definition) is 0. The van der Waals surface area contributed by atoms with Crippen molar-refractivity contribution in [3.05, 3.63) is 53.1 Å². The lowest BCUT2D eigenvalue weighted by Crippen LogP contribution is -1.94. The summed E-state index contributed by atoms with van der Waals surface area (Å²) in [6.45, 7) is 2.78. The first-order valence-corrected chi connectivity index (χ1v) is 6.60. The molecule has 98 valence electrons. The summed E-state index contributed by atoms with van der Waals surface area (Å²) >= 11 is 5.89. The van der Waals surface area contributed by atoms with Gasteiger partial charge in [-0.05, 0) is 41.8 Å². The average molecular weight is 275 g/mol. The van der Waals surface area contributed by atoms with Crippen LogP contribution in [0.1, 0.15) is 23.7 Å². The molecule has 0 saturated carbocycles. The van der Waals surface area contributed by atoms with Crippen molar-refractivity contribution >= 4 is 17.9 Å². The monoisotopic (exact) mass is 274 g/mol. The van der Waals surface area contributed by atoms with Crippen molar-refractivity contribution in [1.82, 2.24) is 0 Å². The molecule has 0 amide bonds. The zero-order valence-corrected chi connectivity index (χ0v) is 11.5. The van der Waals surface area contributed by atoms with Crippen molar-refractivity contribution in [3.8, 4) is 16.9 Å². The fourth-order valence-corrected chi connectivity index (χ4v) is 2.03. The summed E-state index contributed by atoms with van der Waals surface area (Å²) in [7, 11) is 0. The van der Waals surface area contributed by atoms with E-state index in [-0.39, 0.29) is 0 Å². The molecule has 2 aromatic rings. The minimum absolute atomic E-state index is 0.564. The summed E-state index contributed by atoms with van der Waals surface area (Å²) in [5.74, 6) is 0.840. The Morgan fingerprint density at radius 2 is 1.89 bits per heavy atom. The van der Waals surface area contributed by atoms with Gasteiger partial charge in [-0.1, -0.05) is 36.7 Å². The van der Waals surface area contributed by atoms with Crippen LogP contribution < -0.4 is 4.74 Å². The SMILES string of the molecule is CCCOc1ccc(-c2ccc(Cl)cc2C=O)cc1. The van der Waals surface area contributed by atoms with E-state index in [0.29, 0.717) is 17.2 Å². The first kappa shape index (κ1) is 13.6. The van der Waals surface area contributed by atoms with Gasteiger partial charge >= 0.3 is 0 Å². The fourth-order valence-electron chi connectivity index (χ4n) is 1.84. The third-order valence-corrected chi connectivity index (χ3v) is 3.01. The quantitative estimate of drug-likeness (QED) is 0.744. The van der Waals surface area contributed by atoms with Crippen LogP contribution in [0.2, 0.25) is 5.02 Å². The van der Waals surface area contributed by atoms with Crippen LogP contribution in [0, 0.1) is 0 Å². The van der Waals surface area contributed by atoms with E-state index in [1.165, 1.54) is 0 Å². The van der Waals surface area contributed by atoms with E-state index >= 15 is 0 Å². The van der Waals surface area contributed by atoms with Crippen molar-refractivity contribution in [3.63, 3.8) is 0 Å². The third kappa shape index (κ3) is 3.36. The maximum Gasteiger partial charge on any atom is 0.150 e. The van der Waals surface area contributed by atoms with Gasteiger partial charge in [-0.25, -0.2) is 0 Å². The molecule has 0 atom stereocenters. The molecule has 0 bridgehead atoms. The molecular weight excluding hydrogens is 260 g/mol. The van der Waals surface area contributed by atoms with Crippen LogP contribution in [0.4, 0.5) is 0 Å². The Labute approximate surface area is 118 Å². The molecule has 0 N–H and O–H groups in total. The van der Waals surface area contributed by atoms with Crippen molar-refractivity contribution in [2.45, 2.75) is 13.3 Å². The molecule has 0 spiro atoms. The summed E-state index contributed by atoms with van der Waals surface area (Å²) in [6.07, 6.45) is 1.80. The predicted octanol–water partition coefficient (Wildman–Crippen LogP) is 4.61. The van der Waals surface area contributed by atoms with E-state index in [1.807, 2.05) is 30.3 Å². The highest BCUT2D eigenvalue weighted by atomic mass is 35.5. The molecule has 0 heterocycles. The predicted molar refractivity (Wildman–Crippen MR) is 78.1 cm³/mol. The summed E-state index contributed by atoms with van der Waals surface area (Å²) < 4.78 is 5.53. The summed E-state index contributed by atoms with van der Waals surface area (Å²) in [4.78, 5) is 11.1. The van der Waals surface area contributed by atoms with Gasteiger partial charge in [-0.3, -0.25) is 4.79 Å². The number of rotatable bonds is 5. The Hall–Kier alpha value is -1.80. The molecule has 2 rings (SSSR count). The standard InChI is InChI=1S/C16H15ClO2/c1-2-9-19-15-6-3-12(4-7-15)16-8-5-14(17)10-13(16)11-18/h3-8,10-11H,2,9H2,1H3. The molecular formula is C16H15ClO2. The number of aldehydes is 1. The van der Waals surface area contributed by atoms with Gasteiger partial charge in [0.15, 0.2) is 6.29 Å². The van der Waals surface area contributed by atoms with Crippen LogP contribution in [-0.2, 0) is 0 Å². The van der Waals surface area contributed by atoms with Crippen LogP contribution in [0.25, 0.3) is 11.1 Å². The van der Waals surface area contributed by atoms with Crippen LogP contribution >= 0.6 is 11.6 Å².